The van der Waals surface area contributed by atoms with E-state index in [-0.39, 0.29) is 17.6 Å². The Morgan fingerprint density at radius 3 is 2.23 bits per heavy atom. The molecule has 0 radical (unpaired) electrons. The van der Waals surface area contributed by atoms with Crippen LogP contribution in [0.3, 0.4) is 0 Å². The summed E-state index contributed by atoms with van der Waals surface area (Å²) < 4.78 is 26.7. The molecule has 0 bridgehead atoms. The molecule has 0 aliphatic heterocycles. The molecule has 31 heavy (non-hydrogen) atoms. The van der Waals surface area contributed by atoms with Crippen molar-refractivity contribution < 1.29 is 18.7 Å². The number of halogens is 2. The number of amides is 1. The fourth-order valence-corrected chi connectivity index (χ4v) is 3.84. The van der Waals surface area contributed by atoms with Crippen molar-refractivity contribution in [2.24, 2.45) is 0 Å². The minimum Gasteiger partial charge on any atom is -0.378 e. The number of hydrogen-bond donors (Lipinski definition) is 3. The topological polar surface area (TPSA) is 90.4 Å². The van der Waals surface area contributed by atoms with Crippen molar-refractivity contribution in [2.75, 3.05) is 24.3 Å². The van der Waals surface area contributed by atoms with Crippen LogP contribution in [0.4, 0.5) is 20.5 Å². The molecule has 0 saturated heterocycles. The largest absolute Gasteiger partial charge is 0.378 e. The van der Waals surface area contributed by atoms with Gasteiger partial charge in [0.1, 0.15) is 17.5 Å². The van der Waals surface area contributed by atoms with E-state index in [4.69, 9.17) is 0 Å². The van der Waals surface area contributed by atoms with Crippen LogP contribution in [0.5, 0.6) is 0 Å². The van der Waals surface area contributed by atoms with Gasteiger partial charge < -0.3 is 20.6 Å². The predicted octanol–water partition coefficient (Wildman–Crippen LogP) is 3.01. The minimum absolute atomic E-state index is 0.103. The zero-order chi connectivity index (χ0) is 22.7. The number of aryl methyl sites for hydroxylation is 1. The van der Waals surface area contributed by atoms with Gasteiger partial charge >= 0.3 is 0 Å². The molecule has 1 unspecified atom stereocenters. The number of nitrogens with one attached hydrogen (secondary N) is 2. The van der Waals surface area contributed by atoms with Crippen LogP contribution in [0.1, 0.15) is 48.6 Å². The SMILES string of the molecule is Cc1nc(NC2CCC(NC(=O)C(O)c3cc(F)cc(F)c3)CC2)nc(N(C)C)c1C. The number of nitrogens with zero attached hydrogens (tertiary/aromatic N) is 3. The fourth-order valence-electron chi connectivity index (χ4n) is 3.84. The van der Waals surface area contributed by atoms with E-state index in [2.05, 4.69) is 20.6 Å². The monoisotopic (exact) mass is 433 g/mol. The molecule has 1 aliphatic carbocycles. The quantitative estimate of drug-likeness (QED) is 0.649. The van der Waals surface area contributed by atoms with Crippen molar-refractivity contribution in [2.45, 2.75) is 57.7 Å². The molecule has 1 amide bonds. The van der Waals surface area contributed by atoms with Crippen LogP contribution in [0.25, 0.3) is 0 Å². The number of anilines is 2. The van der Waals surface area contributed by atoms with Gasteiger partial charge in [-0.3, -0.25) is 4.79 Å². The molecule has 1 aliphatic rings. The highest BCUT2D eigenvalue weighted by Crippen LogP contribution is 2.25. The average molecular weight is 434 g/mol. The van der Waals surface area contributed by atoms with E-state index in [1.165, 1.54) is 0 Å². The van der Waals surface area contributed by atoms with Gasteiger partial charge in [-0.25, -0.2) is 13.8 Å². The lowest BCUT2D eigenvalue weighted by Gasteiger charge is -2.30. The van der Waals surface area contributed by atoms with Gasteiger partial charge in [-0.1, -0.05) is 0 Å². The van der Waals surface area contributed by atoms with Gasteiger partial charge in [0.15, 0.2) is 6.10 Å². The van der Waals surface area contributed by atoms with Crippen molar-refractivity contribution in [3.05, 3.63) is 46.7 Å². The Morgan fingerprint density at radius 1 is 1.06 bits per heavy atom. The summed E-state index contributed by atoms with van der Waals surface area (Å²) in [6.07, 6.45) is 1.39. The van der Waals surface area contributed by atoms with Crippen molar-refractivity contribution in [1.29, 1.82) is 0 Å². The second-order valence-corrected chi connectivity index (χ2v) is 8.28. The molecule has 1 atom stereocenters. The highest BCUT2D eigenvalue weighted by atomic mass is 19.1. The summed E-state index contributed by atoms with van der Waals surface area (Å²) in [6.45, 7) is 3.95. The van der Waals surface area contributed by atoms with Gasteiger partial charge in [-0.2, -0.15) is 4.98 Å². The maximum Gasteiger partial charge on any atom is 0.253 e. The zero-order valence-electron chi connectivity index (χ0n) is 18.2. The van der Waals surface area contributed by atoms with Gasteiger partial charge in [-0.05, 0) is 57.2 Å². The van der Waals surface area contributed by atoms with E-state index in [9.17, 15) is 18.7 Å². The molecule has 0 spiro atoms. The third-order valence-corrected chi connectivity index (χ3v) is 5.64. The highest BCUT2D eigenvalue weighted by Gasteiger charge is 2.26. The molecule has 3 rings (SSSR count). The highest BCUT2D eigenvalue weighted by molar-refractivity contribution is 5.82. The van der Waals surface area contributed by atoms with Crippen LogP contribution in [-0.2, 0) is 4.79 Å². The van der Waals surface area contributed by atoms with E-state index in [0.29, 0.717) is 24.9 Å². The number of hydrogen-bond acceptors (Lipinski definition) is 6. The van der Waals surface area contributed by atoms with E-state index >= 15 is 0 Å². The first-order valence-corrected chi connectivity index (χ1v) is 10.4. The Kier molecular flexibility index (Phi) is 7.04. The Balaban J connectivity index is 1.54. The van der Waals surface area contributed by atoms with Gasteiger partial charge in [0.25, 0.3) is 5.91 Å². The Labute approximate surface area is 180 Å². The number of aliphatic hydroxyl groups is 1. The van der Waals surface area contributed by atoms with E-state index in [1.807, 2.05) is 32.8 Å². The molecule has 1 fully saturated rings. The normalized spacial score (nSPS) is 19.6. The number of benzene rings is 1. The minimum atomic E-state index is -1.62. The molecule has 168 valence electrons. The van der Waals surface area contributed by atoms with Gasteiger partial charge in [0.2, 0.25) is 5.95 Å². The van der Waals surface area contributed by atoms with Crippen molar-refractivity contribution >= 4 is 17.7 Å². The second kappa shape index (κ2) is 9.55. The Hall–Kier alpha value is -2.81. The summed E-state index contributed by atoms with van der Waals surface area (Å²) in [6, 6.07) is 2.67. The van der Waals surface area contributed by atoms with Gasteiger partial charge in [-0.15, -0.1) is 0 Å². The lowest BCUT2D eigenvalue weighted by Crippen LogP contribution is -2.42. The molecule has 1 saturated carbocycles. The number of rotatable bonds is 6. The van der Waals surface area contributed by atoms with Gasteiger partial charge in [0.05, 0.1) is 0 Å². The van der Waals surface area contributed by atoms with E-state index in [1.54, 1.807) is 0 Å². The first-order valence-electron chi connectivity index (χ1n) is 10.4. The third-order valence-electron chi connectivity index (χ3n) is 5.64. The summed E-state index contributed by atoms with van der Waals surface area (Å²) in [5.41, 5.74) is 1.86. The average Bonchev–Trinajstić information content (AvgIpc) is 2.70. The van der Waals surface area contributed by atoms with Crippen LogP contribution >= 0.6 is 0 Å². The molecule has 9 heteroatoms. The van der Waals surface area contributed by atoms with Gasteiger partial charge in [0, 0.05) is 43.5 Å². The first kappa shape index (κ1) is 22.9. The first-order chi connectivity index (χ1) is 14.6. The van der Waals surface area contributed by atoms with Crippen LogP contribution in [0, 0.1) is 25.5 Å². The van der Waals surface area contributed by atoms with Crippen LogP contribution in [-0.4, -0.2) is 47.2 Å². The Morgan fingerprint density at radius 2 is 1.65 bits per heavy atom. The van der Waals surface area contributed by atoms with Crippen molar-refractivity contribution in [1.82, 2.24) is 15.3 Å². The number of aromatic nitrogens is 2. The van der Waals surface area contributed by atoms with Crippen LogP contribution in [0.15, 0.2) is 18.2 Å². The number of carbonyl (C=O) groups excluding carboxylic acids is 1. The Bertz CT molecular complexity index is 925. The standard InChI is InChI=1S/C22H29F2N5O2/c1-12-13(2)25-22(28-20(12)29(3)4)27-18-7-5-17(6-8-18)26-21(31)19(30)14-9-15(23)11-16(24)10-14/h9-11,17-19,30H,5-8H2,1-4H3,(H,26,31)(H,25,27,28). The molecule has 2 aromatic rings. The summed E-state index contributed by atoms with van der Waals surface area (Å²) in [4.78, 5) is 23.4. The summed E-state index contributed by atoms with van der Waals surface area (Å²) in [7, 11) is 3.89. The zero-order valence-corrected chi connectivity index (χ0v) is 18.2. The predicted molar refractivity (Wildman–Crippen MR) is 115 cm³/mol. The van der Waals surface area contributed by atoms with E-state index in [0.717, 1.165) is 42.0 Å². The summed E-state index contributed by atoms with van der Waals surface area (Å²) in [5.74, 6) is -0.866. The molecule has 3 N–H and O–H groups in total. The van der Waals surface area contributed by atoms with E-state index < -0.39 is 23.6 Å². The smallest absolute Gasteiger partial charge is 0.253 e. The number of aliphatic hydroxyl groups excluding tert-OH is 1. The number of carbonyl (C=O) groups is 1. The fraction of sp³-hybridized carbons (Fsp3) is 0.500. The van der Waals surface area contributed by atoms with Crippen molar-refractivity contribution in [3.63, 3.8) is 0 Å². The second-order valence-electron chi connectivity index (χ2n) is 8.28. The molecular formula is C22H29F2N5O2. The molecule has 7 nitrogen and oxygen atoms in total. The third kappa shape index (κ3) is 5.66. The summed E-state index contributed by atoms with van der Waals surface area (Å²) in [5, 5.41) is 16.3. The maximum atomic E-state index is 13.3. The lowest BCUT2D eigenvalue weighted by atomic mass is 9.91. The van der Waals surface area contributed by atoms with Crippen LogP contribution < -0.4 is 15.5 Å². The van der Waals surface area contributed by atoms with Crippen molar-refractivity contribution in [3.8, 4) is 0 Å². The molecule has 1 heterocycles. The molecular weight excluding hydrogens is 404 g/mol. The maximum absolute atomic E-state index is 13.3. The molecule has 1 aromatic heterocycles. The lowest BCUT2D eigenvalue weighted by molar-refractivity contribution is -0.130. The van der Waals surface area contributed by atoms with Crippen LogP contribution in [0.2, 0.25) is 0 Å². The molecule has 1 aromatic carbocycles. The summed E-state index contributed by atoms with van der Waals surface area (Å²) >= 11 is 0.